The molecule has 0 aliphatic rings. The molecule has 4 heteroatoms. The van der Waals surface area contributed by atoms with Gasteiger partial charge in [0.2, 0.25) is 0 Å². The smallest absolute Gasteiger partial charge is 0.149 e. The second-order valence-electron chi connectivity index (χ2n) is 18.5. The molecule has 0 aliphatic heterocycles. The average molecular weight is 726 g/mol. The van der Waals surface area contributed by atoms with Gasteiger partial charge < -0.3 is 5.11 Å². The Morgan fingerprint density at radius 2 is 1.13 bits per heavy atom. The van der Waals surface area contributed by atoms with E-state index < -0.39 is 0 Å². The first-order valence-electron chi connectivity index (χ1n) is 19.5. The zero-order chi connectivity index (χ0) is 39.6. The van der Waals surface area contributed by atoms with Crippen LogP contribution < -0.4 is 0 Å². The summed E-state index contributed by atoms with van der Waals surface area (Å²) in [7, 11) is 0. The molecule has 0 bridgehead atoms. The molecule has 0 radical (unpaired) electrons. The van der Waals surface area contributed by atoms with Crippen LogP contribution in [0.3, 0.4) is 0 Å². The molecule has 0 unspecified atom stereocenters. The van der Waals surface area contributed by atoms with Crippen molar-refractivity contribution in [2.75, 3.05) is 0 Å². The number of aromatic nitrogens is 3. The summed E-state index contributed by atoms with van der Waals surface area (Å²) in [6.07, 6.45) is 1.93. The van der Waals surface area contributed by atoms with E-state index >= 15 is 0 Å². The average Bonchev–Trinajstić information content (AvgIpc) is 3.48. The van der Waals surface area contributed by atoms with Crippen molar-refractivity contribution in [1.29, 1.82) is 0 Å². The predicted octanol–water partition coefficient (Wildman–Crippen LogP) is 13.6. The van der Waals surface area contributed by atoms with Gasteiger partial charge in [0, 0.05) is 17.3 Å². The predicted molar refractivity (Wildman–Crippen MR) is 233 cm³/mol. The molecule has 0 fully saturated rings. The fourth-order valence-corrected chi connectivity index (χ4v) is 7.70. The molecule has 2 heterocycles. The number of nitrogens with zero attached hydrogens (tertiary/aromatic N) is 3. The lowest BCUT2D eigenvalue weighted by Crippen LogP contribution is -2.16. The SMILES string of the molecule is Cc1cc(C)c(-n2c(-c3ccccc3O)nc3c(-c4cccc(-c5cc(-c6cc(C(C)(C)C)cc(C(C)(C)C)c6)ccn5)c4)cc(C(C)(C)C)cc32)c(C)c1. The van der Waals surface area contributed by atoms with Crippen molar-refractivity contribution in [2.24, 2.45) is 0 Å². The lowest BCUT2D eigenvalue weighted by atomic mass is 9.79. The normalized spacial score (nSPS) is 12.4. The van der Waals surface area contributed by atoms with Crippen LogP contribution in [0.25, 0.3) is 61.6 Å². The maximum atomic E-state index is 11.2. The van der Waals surface area contributed by atoms with Gasteiger partial charge in [0.1, 0.15) is 11.6 Å². The highest BCUT2D eigenvalue weighted by atomic mass is 16.3. The van der Waals surface area contributed by atoms with E-state index in [1.807, 2.05) is 24.4 Å². The number of para-hydroxylation sites is 1. The van der Waals surface area contributed by atoms with E-state index in [0.29, 0.717) is 11.4 Å². The van der Waals surface area contributed by atoms with E-state index in [-0.39, 0.29) is 22.0 Å². The van der Waals surface area contributed by atoms with Crippen LogP contribution in [-0.2, 0) is 16.2 Å². The molecule has 7 aromatic rings. The van der Waals surface area contributed by atoms with E-state index in [1.165, 1.54) is 27.8 Å². The van der Waals surface area contributed by atoms with Crippen LogP contribution in [-0.4, -0.2) is 19.6 Å². The van der Waals surface area contributed by atoms with Gasteiger partial charge in [0.15, 0.2) is 0 Å². The van der Waals surface area contributed by atoms with Crippen molar-refractivity contribution in [2.45, 2.75) is 99.3 Å². The number of aromatic hydroxyl groups is 1. The van der Waals surface area contributed by atoms with Crippen LogP contribution in [0.4, 0.5) is 0 Å². The topological polar surface area (TPSA) is 50.9 Å². The molecule has 2 aromatic heterocycles. The molecular weight excluding hydrogens is 671 g/mol. The van der Waals surface area contributed by atoms with E-state index in [2.05, 4.69) is 167 Å². The van der Waals surface area contributed by atoms with E-state index in [1.54, 1.807) is 6.07 Å². The molecule has 0 spiro atoms. The number of benzene rings is 5. The lowest BCUT2D eigenvalue weighted by molar-refractivity contribution is 0.477. The van der Waals surface area contributed by atoms with Crippen molar-refractivity contribution >= 4 is 11.0 Å². The number of imidazole rings is 1. The molecule has 280 valence electrons. The molecule has 7 rings (SSSR count). The molecule has 4 nitrogen and oxygen atoms in total. The minimum Gasteiger partial charge on any atom is -0.507 e. The fourth-order valence-electron chi connectivity index (χ4n) is 7.70. The van der Waals surface area contributed by atoms with Crippen LogP contribution in [0.15, 0.2) is 109 Å². The van der Waals surface area contributed by atoms with Crippen LogP contribution >= 0.6 is 0 Å². The summed E-state index contributed by atoms with van der Waals surface area (Å²) in [6.45, 7) is 26.9. The Morgan fingerprint density at radius 1 is 0.527 bits per heavy atom. The highest BCUT2D eigenvalue weighted by Gasteiger charge is 2.26. The van der Waals surface area contributed by atoms with Crippen LogP contribution in [0, 0.1) is 20.8 Å². The molecule has 55 heavy (non-hydrogen) atoms. The minimum atomic E-state index is -0.133. The Hall–Kier alpha value is -5.48. The quantitative estimate of drug-likeness (QED) is 0.192. The highest BCUT2D eigenvalue weighted by molar-refractivity contribution is 5.97. The van der Waals surface area contributed by atoms with Crippen molar-refractivity contribution in [1.82, 2.24) is 14.5 Å². The summed E-state index contributed by atoms with van der Waals surface area (Å²) in [5.74, 6) is 0.919. The number of aryl methyl sites for hydroxylation is 3. The second-order valence-corrected chi connectivity index (χ2v) is 18.5. The highest BCUT2D eigenvalue weighted by Crippen LogP contribution is 2.42. The van der Waals surface area contributed by atoms with Crippen LogP contribution in [0.5, 0.6) is 5.75 Å². The Morgan fingerprint density at radius 3 is 1.75 bits per heavy atom. The number of phenolic OH excluding ortho intramolecular Hbond substituents is 1. The van der Waals surface area contributed by atoms with E-state index in [4.69, 9.17) is 9.97 Å². The van der Waals surface area contributed by atoms with Crippen molar-refractivity contribution in [3.8, 4) is 56.3 Å². The van der Waals surface area contributed by atoms with Gasteiger partial charge in [-0.05, 0) is 124 Å². The Balaban J connectivity index is 1.45. The molecule has 0 saturated heterocycles. The largest absolute Gasteiger partial charge is 0.507 e. The Kier molecular flexibility index (Phi) is 9.40. The van der Waals surface area contributed by atoms with Gasteiger partial charge in [-0.15, -0.1) is 0 Å². The van der Waals surface area contributed by atoms with Gasteiger partial charge in [0.25, 0.3) is 0 Å². The summed E-state index contributed by atoms with van der Waals surface area (Å²) < 4.78 is 2.26. The second kappa shape index (κ2) is 13.7. The van der Waals surface area contributed by atoms with E-state index in [0.717, 1.165) is 55.8 Å². The first-order chi connectivity index (χ1) is 25.8. The Bertz CT molecular complexity index is 2530. The molecule has 0 atom stereocenters. The first kappa shape index (κ1) is 37.8. The van der Waals surface area contributed by atoms with Crippen molar-refractivity contribution in [3.05, 3.63) is 143 Å². The maximum absolute atomic E-state index is 11.2. The lowest BCUT2D eigenvalue weighted by Gasteiger charge is -2.26. The standard InChI is InChI=1S/C51H55N3O/c1-31-22-32(2)47(33(3)23-31)54-44-30-40(51(10,11)12)29-42(46(44)53-48(54)41-18-13-14-19-45(41)55)35-16-15-17-36(24-35)43-27-34(20-21-52-43)37-25-38(49(4,5)6)28-39(26-37)50(7,8)9/h13-30,55H,1-12H3. The van der Waals surface area contributed by atoms with Crippen molar-refractivity contribution in [3.63, 3.8) is 0 Å². The van der Waals surface area contributed by atoms with Gasteiger partial charge in [-0.1, -0.05) is 129 Å². The third-order valence-corrected chi connectivity index (χ3v) is 10.9. The Labute approximate surface area is 328 Å². The third kappa shape index (κ3) is 7.35. The third-order valence-electron chi connectivity index (χ3n) is 10.9. The molecule has 0 aliphatic carbocycles. The van der Waals surface area contributed by atoms with Gasteiger partial charge in [-0.25, -0.2) is 4.98 Å². The van der Waals surface area contributed by atoms with Crippen LogP contribution in [0.1, 0.15) is 95.7 Å². The fraction of sp³-hybridized carbons (Fsp3) is 0.294. The number of phenols is 1. The molecular formula is C51H55N3O. The van der Waals surface area contributed by atoms with Crippen LogP contribution in [0.2, 0.25) is 0 Å². The zero-order valence-corrected chi connectivity index (χ0v) is 34.7. The molecule has 0 amide bonds. The molecule has 0 saturated carbocycles. The number of pyridine rings is 1. The number of rotatable bonds is 5. The van der Waals surface area contributed by atoms with Gasteiger partial charge in [-0.2, -0.15) is 0 Å². The zero-order valence-electron chi connectivity index (χ0n) is 34.7. The van der Waals surface area contributed by atoms with Gasteiger partial charge >= 0.3 is 0 Å². The van der Waals surface area contributed by atoms with Crippen molar-refractivity contribution < 1.29 is 5.11 Å². The van der Waals surface area contributed by atoms with E-state index in [9.17, 15) is 5.11 Å². The summed E-state index contributed by atoms with van der Waals surface area (Å²) >= 11 is 0. The summed E-state index contributed by atoms with van der Waals surface area (Å²) in [4.78, 5) is 10.3. The monoisotopic (exact) mass is 725 g/mol. The minimum absolute atomic E-state index is 0.0239. The first-order valence-corrected chi connectivity index (χ1v) is 19.5. The summed E-state index contributed by atoms with van der Waals surface area (Å²) in [6, 6.07) is 36.7. The van der Waals surface area contributed by atoms with Gasteiger partial charge in [-0.3, -0.25) is 9.55 Å². The molecule has 5 aromatic carbocycles. The molecule has 1 N–H and O–H groups in total. The summed E-state index contributed by atoms with van der Waals surface area (Å²) in [5, 5.41) is 11.2. The van der Waals surface area contributed by atoms with Gasteiger partial charge in [0.05, 0.1) is 28.0 Å². The number of hydrogen-bond donors (Lipinski definition) is 1. The number of fused-ring (bicyclic) bond motifs is 1. The number of hydrogen-bond acceptors (Lipinski definition) is 3. The maximum Gasteiger partial charge on any atom is 0.149 e. The summed E-state index contributed by atoms with van der Waals surface area (Å²) in [5.41, 5.74) is 17.4.